The number of aliphatic imine (C=N–C) groups is 1. The summed E-state index contributed by atoms with van der Waals surface area (Å²) < 4.78 is 0. The van der Waals surface area contributed by atoms with Crippen LogP contribution in [-0.2, 0) is 0 Å². The Hall–Kier alpha value is -2.93. The normalized spacial score (nSPS) is 18.4. The molecule has 128 valence electrons. The highest BCUT2D eigenvalue weighted by atomic mass is 15.0. The van der Waals surface area contributed by atoms with E-state index < -0.39 is 0 Å². The number of pyridine rings is 1. The standard InChI is InChI=1S/C18H21N7/c19-7-1-6-16(20)24-17-10-15(13-4-2-8-21-11-13)23-18(25-17)14-5-3-9-22-12-14/h1-2,4,6-8,10-11,14,19,22H,3,5,9,12H2,(H2,20,23,24,25)/b6-1-,19-7?. The summed E-state index contributed by atoms with van der Waals surface area (Å²) in [4.78, 5) is 17.9. The number of amidine groups is 1. The van der Waals surface area contributed by atoms with Crippen molar-refractivity contribution >= 4 is 17.9 Å². The first-order valence-corrected chi connectivity index (χ1v) is 8.27. The summed E-state index contributed by atoms with van der Waals surface area (Å²) in [6.45, 7) is 1.90. The SMILES string of the molecule is N=C/C=C\C(N)=Nc1cc(-c2cccnc2)nc(C2CCCNC2)n1. The maximum Gasteiger partial charge on any atom is 0.158 e. The second-order valence-electron chi connectivity index (χ2n) is 5.82. The molecular formula is C18H21N7. The van der Waals surface area contributed by atoms with Crippen molar-refractivity contribution < 1.29 is 0 Å². The predicted molar refractivity (Wildman–Crippen MR) is 99.3 cm³/mol. The number of aromatic nitrogens is 3. The van der Waals surface area contributed by atoms with Gasteiger partial charge in [-0.3, -0.25) is 4.98 Å². The van der Waals surface area contributed by atoms with Crippen molar-refractivity contribution in [3.8, 4) is 11.3 Å². The Labute approximate surface area is 146 Å². The predicted octanol–water partition coefficient (Wildman–Crippen LogP) is 2.20. The highest BCUT2D eigenvalue weighted by Gasteiger charge is 2.19. The molecular weight excluding hydrogens is 314 g/mol. The van der Waals surface area contributed by atoms with Crippen LogP contribution in [0.5, 0.6) is 0 Å². The zero-order valence-electron chi connectivity index (χ0n) is 13.9. The smallest absolute Gasteiger partial charge is 0.158 e. The molecule has 3 heterocycles. The Bertz CT molecular complexity index is 777. The van der Waals surface area contributed by atoms with Crippen LogP contribution in [0.3, 0.4) is 0 Å². The van der Waals surface area contributed by atoms with Crippen LogP contribution < -0.4 is 11.1 Å². The molecule has 0 aromatic carbocycles. The lowest BCUT2D eigenvalue weighted by atomic mass is 9.98. The lowest BCUT2D eigenvalue weighted by Gasteiger charge is -2.22. The van der Waals surface area contributed by atoms with Gasteiger partial charge in [0.15, 0.2) is 5.82 Å². The van der Waals surface area contributed by atoms with E-state index in [0.717, 1.165) is 49.2 Å². The fraction of sp³-hybridized carbons (Fsp3) is 0.278. The van der Waals surface area contributed by atoms with Crippen molar-refractivity contribution in [1.82, 2.24) is 20.3 Å². The molecule has 0 bridgehead atoms. The summed E-state index contributed by atoms with van der Waals surface area (Å²) in [6, 6.07) is 5.65. The van der Waals surface area contributed by atoms with Gasteiger partial charge in [-0.1, -0.05) is 0 Å². The van der Waals surface area contributed by atoms with Gasteiger partial charge in [-0.25, -0.2) is 15.0 Å². The third kappa shape index (κ3) is 4.54. The van der Waals surface area contributed by atoms with Crippen LogP contribution in [0.2, 0.25) is 0 Å². The fourth-order valence-corrected chi connectivity index (χ4v) is 2.74. The summed E-state index contributed by atoms with van der Waals surface area (Å²) in [7, 11) is 0. The molecule has 0 spiro atoms. The first kappa shape index (κ1) is 16.9. The van der Waals surface area contributed by atoms with Crippen molar-refractivity contribution in [2.24, 2.45) is 10.7 Å². The molecule has 0 aliphatic carbocycles. The van der Waals surface area contributed by atoms with E-state index in [-0.39, 0.29) is 5.92 Å². The maximum absolute atomic E-state index is 7.03. The number of allylic oxidation sites excluding steroid dienone is 1. The second-order valence-corrected chi connectivity index (χ2v) is 5.82. The van der Waals surface area contributed by atoms with Gasteiger partial charge in [-0.05, 0) is 43.7 Å². The lowest BCUT2D eigenvalue weighted by Crippen LogP contribution is -2.29. The maximum atomic E-state index is 7.03. The molecule has 7 nitrogen and oxygen atoms in total. The average Bonchev–Trinajstić information content (AvgIpc) is 2.67. The van der Waals surface area contributed by atoms with Gasteiger partial charge in [-0.15, -0.1) is 0 Å². The van der Waals surface area contributed by atoms with Gasteiger partial charge in [0.2, 0.25) is 0 Å². The molecule has 0 amide bonds. The largest absolute Gasteiger partial charge is 0.384 e. The molecule has 2 aromatic heterocycles. The first-order chi connectivity index (χ1) is 12.3. The molecule has 1 fully saturated rings. The number of rotatable bonds is 5. The lowest BCUT2D eigenvalue weighted by molar-refractivity contribution is 0.447. The molecule has 25 heavy (non-hydrogen) atoms. The van der Waals surface area contributed by atoms with E-state index in [9.17, 15) is 0 Å². The molecule has 1 aliphatic heterocycles. The van der Waals surface area contributed by atoms with Crippen LogP contribution in [0.25, 0.3) is 11.3 Å². The van der Waals surface area contributed by atoms with Crippen molar-refractivity contribution in [1.29, 1.82) is 5.41 Å². The van der Waals surface area contributed by atoms with Crippen molar-refractivity contribution in [3.63, 3.8) is 0 Å². The van der Waals surface area contributed by atoms with E-state index in [1.807, 2.05) is 18.2 Å². The Balaban J connectivity index is 2.01. The van der Waals surface area contributed by atoms with Gasteiger partial charge in [-0.2, -0.15) is 0 Å². The highest BCUT2D eigenvalue weighted by Crippen LogP contribution is 2.26. The number of piperidine rings is 1. The molecule has 2 aromatic rings. The van der Waals surface area contributed by atoms with Crippen molar-refractivity contribution in [2.75, 3.05) is 13.1 Å². The molecule has 1 unspecified atom stereocenters. The van der Waals surface area contributed by atoms with Gasteiger partial charge in [0.05, 0.1) is 5.69 Å². The number of hydrogen-bond donors (Lipinski definition) is 3. The second kappa shape index (κ2) is 8.25. The molecule has 0 radical (unpaired) electrons. The van der Waals surface area contributed by atoms with Gasteiger partial charge in [0, 0.05) is 42.7 Å². The third-order valence-electron chi connectivity index (χ3n) is 3.96. The Morgan fingerprint density at radius 2 is 2.32 bits per heavy atom. The minimum Gasteiger partial charge on any atom is -0.384 e. The van der Waals surface area contributed by atoms with Crippen LogP contribution in [-0.4, -0.2) is 40.1 Å². The van der Waals surface area contributed by atoms with Gasteiger partial charge in [0.25, 0.3) is 0 Å². The van der Waals surface area contributed by atoms with Crippen LogP contribution >= 0.6 is 0 Å². The van der Waals surface area contributed by atoms with E-state index in [2.05, 4.69) is 20.3 Å². The quantitative estimate of drug-likeness (QED) is 0.572. The molecule has 7 heteroatoms. The summed E-state index contributed by atoms with van der Waals surface area (Å²) in [5.74, 6) is 1.85. The number of nitrogens with zero attached hydrogens (tertiary/aromatic N) is 4. The van der Waals surface area contributed by atoms with E-state index in [0.29, 0.717) is 11.7 Å². The highest BCUT2D eigenvalue weighted by molar-refractivity contribution is 5.95. The molecule has 0 saturated carbocycles. The van der Waals surface area contributed by atoms with Crippen LogP contribution in [0, 0.1) is 5.41 Å². The van der Waals surface area contributed by atoms with Crippen LogP contribution in [0.1, 0.15) is 24.6 Å². The minimum absolute atomic E-state index is 0.262. The van der Waals surface area contributed by atoms with E-state index >= 15 is 0 Å². The minimum atomic E-state index is 0.262. The first-order valence-electron chi connectivity index (χ1n) is 8.27. The average molecular weight is 335 g/mol. The zero-order valence-corrected chi connectivity index (χ0v) is 13.9. The Morgan fingerprint density at radius 3 is 3.04 bits per heavy atom. The monoisotopic (exact) mass is 335 g/mol. The molecule has 3 rings (SSSR count). The van der Waals surface area contributed by atoms with E-state index in [1.165, 1.54) is 6.08 Å². The molecule has 1 aliphatic rings. The summed E-state index contributed by atoms with van der Waals surface area (Å²) in [5.41, 5.74) is 7.58. The molecule has 1 saturated heterocycles. The Morgan fingerprint density at radius 1 is 1.40 bits per heavy atom. The third-order valence-corrected chi connectivity index (χ3v) is 3.96. The summed E-state index contributed by atoms with van der Waals surface area (Å²) >= 11 is 0. The molecule has 1 atom stereocenters. The number of hydrogen-bond acceptors (Lipinski definition) is 6. The summed E-state index contributed by atoms with van der Waals surface area (Å²) in [6.07, 6.45) is 9.91. The number of nitrogens with one attached hydrogen (secondary N) is 2. The van der Waals surface area contributed by atoms with Gasteiger partial charge >= 0.3 is 0 Å². The van der Waals surface area contributed by atoms with E-state index in [4.69, 9.17) is 16.1 Å². The Kier molecular flexibility index (Phi) is 5.58. The van der Waals surface area contributed by atoms with Crippen LogP contribution in [0.4, 0.5) is 5.82 Å². The van der Waals surface area contributed by atoms with Crippen molar-refractivity contribution in [2.45, 2.75) is 18.8 Å². The molecule has 4 N–H and O–H groups in total. The van der Waals surface area contributed by atoms with Crippen molar-refractivity contribution in [3.05, 3.63) is 48.6 Å². The van der Waals surface area contributed by atoms with Crippen LogP contribution in [0.15, 0.2) is 47.7 Å². The topological polar surface area (TPSA) is 113 Å². The number of nitrogens with two attached hydrogens (primary N) is 1. The van der Waals surface area contributed by atoms with E-state index in [1.54, 1.807) is 18.5 Å². The van der Waals surface area contributed by atoms with Gasteiger partial charge < -0.3 is 16.5 Å². The summed E-state index contributed by atoms with van der Waals surface area (Å²) in [5, 5.41) is 10.4. The fourth-order valence-electron chi connectivity index (χ4n) is 2.74. The zero-order chi connectivity index (χ0) is 17.5. The van der Waals surface area contributed by atoms with Gasteiger partial charge in [0.1, 0.15) is 11.7 Å².